The number of nitrogens with zero attached hydrogens (tertiary/aromatic N) is 2. The highest BCUT2D eigenvalue weighted by Gasteiger charge is 2.11. The molecule has 0 bridgehead atoms. The third-order valence-electron chi connectivity index (χ3n) is 3.39. The number of aryl methyl sites for hydroxylation is 1. The number of hydrogen-bond donors (Lipinski definition) is 3. The van der Waals surface area contributed by atoms with Gasteiger partial charge in [0.05, 0.1) is 13.2 Å². The SMILES string of the molecule is CCCOc1ccccc1CN(CCO)Cc1cnc(C)[nH]1.O=CO. The minimum atomic E-state index is -0.250. The summed E-state index contributed by atoms with van der Waals surface area (Å²) in [6, 6.07) is 8.09. The molecule has 0 radical (unpaired) electrons. The number of hydrogen-bond acceptors (Lipinski definition) is 5. The average molecular weight is 349 g/mol. The third-order valence-corrected chi connectivity index (χ3v) is 3.39. The summed E-state index contributed by atoms with van der Waals surface area (Å²) in [5.41, 5.74) is 2.19. The van der Waals surface area contributed by atoms with Gasteiger partial charge in [0.15, 0.2) is 0 Å². The number of carbonyl (C=O) groups is 1. The van der Waals surface area contributed by atoms with Gasteiger partial charge in [0, 0.05) is 37.1 Å². The van der Waals surface area contributed by atoms with Crippen LogP contribution < -0.4 is 4.74 Å². The Bertz CT molecular complexity index is 616. The lowest BCUT2D eigenvalue weighted by Gasteiger charge is -2.22. The first kappa shape index (κ1) is 20.7. The fourth-order valence-electron chi connectivity index (χ4n) is 2.38. The second-order valence-corrected chi connectivity index (χ2v) is 5.49. The van der Waals surface area contributed by atoms with E-state index in [4.69, 9.17) is 14.6 Å². The second-order valence-electron chi connectivity index (χ2n) is 5.49. The van der Waals surface area contributed by atoms with Gasteiger partial charge in [-0.2, -0.15) is 0 Å². The van der Waals surface area contributed by atoms with E-state index < -0.39 is 0 Å². The zero-order chi connectivity index (χ0) is 18.5. The van der Waals surface area contributed by atoms with E-state index in [9.17, 15) is 5.11 Å². The van der Waals surface area contributed by atoms with Crippen LogP contribution in [0.4, 0.5) is 0 Å². The number of benzene rings is 1. The minimum Gasteiger partial charge on any atom is -0.493 e. The van der Waals surface area contributed by atoms with Crippen LogP contribution in [0.25, 0.3) is 0 Å². The van der Waals surface area contributed by atoms with Crippen molar-refractivity contribution >= 4 is 6.47 Å². The molecule has 0 amide bonds. The van der Waals surface area contributed by atoms with Crippen molar-refractivity contribution in [2.24, 2.45) is 0 Å². The summed E-state index contributed by atoms with van der Waals surface area (Å²) >= 11 is 0. The molecule has 1 aromatic carbocycles. The summed E-state index contributed by atoms with van der Waals surface area (Å²) in [6.07, 6.45) is 2.83. The number of aliphatic hydroxyl groups is 1. The fraction of sp³-hybridized carbons (Fsp3) is 0.444. The summed E-state index contributed by atoms with van der Waals surface area (Å²) in [6.45, 7) is 6.71. The molecule has 0 aliphatic heterocycles. The molecule has 25 heavy (non-hydrogen) atoms. The maximum Gasteiger partial charge on any atom is 0.290 e. The fourth-order valence-corrected chi connectivity index (χ4v) is 2.38. The van der Waals surface area contributed by atoms with E-state index in [-0.39, 0.29) is 13.1 Å². The summed E-state index contributed by atoms with van der Waals surface area (Å²) in [5.74, 6) is 1.83. The third kappa shape index (κ3) is 7.82. The average Bonchev–Trinajstić information content (AvgIpc) is 3.00. The van der Waals surface area contributed by atoms with Crippen LogP contribution in [0.1, 0.15) is 30.4 Å². The zero-order valence-corrected chi connectivity index (χ0v) is 14.8. The zero-order valence-electron chi connectivity index (χ0n) is 14.8. The molecule has 0 saturated heterocycles. The Labute approximate surface area is 148 Å². The van der Waals surface area contributed by atoms with Gasteiger partial charge in [-0.25, -0.2) is 4.98 Å². The number of H-pyrrole nitrogens is 1. The smallest absolute Gasteiger partial charge is 0.290 e. The molecule has 0 spiro atoms. The van der Waals surface area contributed by atoms with E-state index >= 15 is 0 Å². The Morgan fingerprint density at radius 1 is 1.32 bits per heavy atom. The van der Waals surface area contributed by atoms with Gasteiger partial charge in [-0.1, -0.05) is 25.1 Å². The highest BCUT2D eigenvalue weighted by Crippen LogP contribution is 2.20. The van der Waals surface area contributed by atoms with E-state index in [0.717, 1.165) is 48.9 Å². The minimum absolute atomic E-state index is 0.130. The predicted molar refractivity (Wildman–Crippen MR) is 95.4 cm³/mol. The van der Waals surface area contributed by atoms with Crippen LogP contribution in [-0.2, 0) is 17.9 Å². The Morgan fingerprint density at radius 2 is 2.04 bits per heavy atom. The summed E-state index contributed by atoms with van der Waals surface area (Å²) in [5, 5.41) is 16.2. The van der Waals surface area contributed by atoms with Crippen LogP contribution in [0.15, 0.2) is 30.5 Å². The monoisotopic (exact) mass is 349 g/mol. The second kappa shape index (κ2) is 12.0. The molecule has 0 aliphatic rings. The molecule has 1 heterocycles. The van der Waals surface area contributed by atoms with Crippen molar-refractivity contribution in [2.45, 2.75) is 33.4 Å². The first-order chi connectivity index (χ1) is 12.1. The quantitative estimate of drug-likeness (QED) is 0.600. The number of para-hydroxylation sites is 1. The van der Waals surface area contributed by atoms with E-state index in [1.807, 2.05) is 31.3 Å². The van der Waals surface area contributed by atoms with Crippen LogP contribution in [0.5, 0.6) is 5.75 Å². The standard InChI is InChI=1S/C17H25N3O2.CH2O2/c1-3-10-22-17-7-5-4-6-15(17)12-20(8-9-21)13-16-11-18-14(2)19-16;2-1-3/h4-7,11,21H,3,8-10,12-13H2,1-2H3,(H,18,19);1H,(H,2,3). The summed E-state index contributed by atoms with van der Waals surface area (Å²) in [7, 11) is 0. The van der Waals surface area contributed by atoms with Crippen LogP contribution in [0.2, 0.25) is 0 Å². The van der Waals surface area contributed by atoms with Gasteiger partial charge in [0.2, 0.25) is 0 Å². The molecule has 0 aliphatic carbocycles. The predicted octanol–water partition coefficient (Wildman–Crippen LogP) is 2.20. The van der Waals surface area contributed by atoms with Gasteiger partial charge in [-0.3, -0.25) is 9.69 Å². The van der Waals surface area contributed by atoms with Gasteiger partial charge in [-0.05, 0) is 19.4 Å². The van der Waals surface area contributed by atoms with E-state index in [1.54, 1.807) is 0 Å². The van der Waals surface area contributed by atoms with Crippen molar-refractivity contribution < 1.29 is 19.7 Å². The molecule has 138 valence electrons. The highest BCUT2D eigenvalue weighted by atomic mass is 16.5. The Hall–Kier alpha value is -2.38. The topological polar surface area (TPSA) is 98.7 Å². The van der Waals surface area contributed by atoms with Crippen molar-refractivity contribution in [1.82, 2.24) is 14.9 Å². The summed E-state index contributed by atoms with van der Waals surface area (Å²) in [4.78, 5) is 18.0. The maximum absolute atomic E-state index is 9.31. The first-order valence-electron chi connectivity index (χ1n) is 8.26. The highest BCUT2D eigenvalue weighted by molar-refractivity contribution is 5.33. The number of aliphatic hydroxyl groups excluding tert-OH is 1. The molecule has 0 atom stereocenters. The number of aromatic amines is 1. The number of ether oxygens (including phenoxy) is 1. The van der Waals surface area contributed by atoms with E-state index in [0.29, 0.717) is 6.54 Å². The molecular formula is C18H27N3O4. The van der Waals surface area contributed by atoms with Gasteiger partial charge in [0.1, 0.15) is 11.6 Å². The maximum atomic E-state index is 9.31. The van der Waals surface area contributed by atoms with Crippen LogP contribution >= 0.6 is 0 Å². The molecule has 2 rings (SSSR count). The number of aromatic nitrogens is 2. The summed E-state index contributed by atoms with van der Waals surface area (Å²) < 4.78 is 5.81. The van der Waals surface area contributed by atoms with Gasteiger partial charge < -0.3 is 19.9 Å². The van der Waals surface area contributed by atoms with Crippen LogP contribution in [0, 0.1) is 6.92 Å². The first-order valence-corrected chi connectivity index (χ1v) is 8.26. The van der Waals surface area contributed by atoms with Gasteiger partial charge in [-0.15, -0.1) is 0 Å². The van der Waals surface area contributed by atoms with Gasteiger partial charge >= 0.3 is 0 Å². The lowest BCUT2D eigenvalue weighted by atomic mass is 10.2. The molecular weight excluding hydrogens is 322 g/mol. The van der Waals surface area contributed by atoms with Gasteiger partial charge in [0.25, 0.3) is 6.47 Å². The molecule has 2 aromatic rings. The lowest BCUT2D eigenvalue weighted by Crippen LogP contribution is -2.26. The number of nitrogens with one attached hydrogen (secondary N) is 1. The molecule has 7 nitrogen and oxygen atoms in total. The molecule has 7 heteroatoms. The molecule has 3 N–H and O–H groups in total. The number of rotatable bonds is 9. The molecule has 1 aromatic heterocycles. The molecule has 0 fully saturated rings. The normalized spacial score (nSPS) is 10.2. The molecule has 0 unspecified atom stereocenters. The van der Waals surface area contributed by atoms with E-state index in [2.05, 4.69) is 27.9 Å². The molecule has 0 saturated carbocycles. The van der Waals surface area contributed by atoms with Crippen LogP contribution in [0.3, 0.4) is 0 Å². The van der Waals surface area contributed by atoms with E-state index in [1.165, 1.54) is 0 Å². The van der Waals surface area contributed by atoms with Crippen molar-refractivity contribution in [3.8, 4) is 5.75 Å². The van der Waals surface area contributed by atoms with Crippen molar-refractivity contribution in [1.29, 1.82) is 0 Å². The lowest BCUT2D eigenvalue weighted by molar-refractivity contribution is -0.122. The Kier molecular flexibility index (Phi) is 9.96. The van der Waals surface area contributed by atoms with Crippen molar-refractivity contribution in [3.05, 3.63) is 47.5 Å². The largest absolute Gasteiger partial charge is 0.493 e. The van der Waals surface area contributed by atoms with Crippen molar-refractivity contribution in [2.75, 3.05) is 19.8 Å². The number of imidazole rings is 1. The number of carboxylic acid groups (broad SMARTS) is 1. The Morgan fingerprint density at radius 3 is 2.64 bits per heavy atom. The van der Waals surface area contributed by atoms with Crippen LogP contribution in [-0.4, -0.2) is 51.3 Å². The van der Waals surface area contributed by atoms with Crippen molar-refractivity contribution in [3.63, 3.8) is 0 Å². The Balaban J connectivity index is 0.000000970.